The van der Waals surface area contributed by atoms with E-state index in [0.717, 1.165) is 18.8 Å². The minimum Gasteiger partial charge on any atom is -0.338 e. The molecule has 0 bridgehead atoms. The first kappa shape index (κ1) is 14.2. The Hall–Kier alpha value is -0.200. The summed E-state index contributed by atoms with van der Waals surface area (Å²) in [5.41, 5.74) is 0. The Morgan fingerprint density at radius 3 is 2.94 bits per heavy atom. The van der Waals surface area contributed by atoms with Crippen molar-refractivity contribution in [1.82, 2.24) is 15.5 Å². The summed E-state index contributed by atoms with van der Waals surface area (Å²) in [6, 6.07) is 0.141. The molecule has 102 valence electrons. The Labute approximate surface area is 117 Å². The minimum atomic E-state index is 0.141. The summed E-state index contributed by atoms with van der Waals surface area (Å²) in [6.45, 7) is 7.44. The van der Waals surface area contributed by atoms with E-state index in [0.29, 0.717) is 16.4 Å². The molecule has 2 rings (SSSR count). The monoisotopic (exact) mass is 287 g/mol. The summed E-state index contributed by atoms with van der Waals surface area (Å²) >= 11 is 3.94. The van der Waals surface area contributed by atoms with Crippen molar-refractivity contribution >= 4 is 23.5 Å². The molecule has 1 aliphatic rings. The van der Waals surface area contributed by atoms with Gasteiger partial charge in [-0.05, 0) is 19.9 Å². The molecule has 1 fully saturated rings. The Morgan fingerprint density at radius 2 is 2.22 bits per heavy atom. The number of nitrogens with zero attached hydrogens (tertiary/aromatic N) is 2. The third-order valence-corrected chi connectivity index (χ3v) is 6.06. The topological polar surface area (TPSA) is 51.0 Å². The quantitative estimate of drug-likeness (QED) is 0.898. The van der Waals surface area contributed by atoms with Crippen LogP contribution in [0.4, 0.5) is 0 Å². The molecule has 1 aromatic rings. The lowest BCUT2D eigenvalue weighted by Crippen LogP contribution is -2.20. The Bertz CT molecular complexity index is 372. The van der Waals surface area contributed by atoms with Crippen molar-refractivity contribution in [3.63, 3.8) is 0 Å². The zero-order valence-electron chi connectivity index (χ0n) is 11.2. The standard InChI is InChI=1S/C12H21N3OS2/c1-4-5-13-8(2)12-14-11(15-16-12)10-9(3)17-6-7-18-10/h8-10,13H,4-7H2,1-3H3. The van der Waals surface area contributed by atoms with Crippen molar-refractivity contribution in [3.8, 4) is 0 Å². The largest absolute Gasteiger partial charge is 0.338 e. The molecule has 1 aliphatic heterocycles. The Morgan fingerprint density at radius 1 is 1.44 bits per heavy atom. The second kappa shape index (κ2) is 6.82. The molecule has 4 nitrogen and oxygen atoms in total. The molecule has 0 radical (unpaired) electrons. The van der Waals surface area contributed by atoms with Crippen molar-refractivity contribution in [2.45, 2.75) is 43.7 Å². The Kier molecular flexibility index (Phi) is 5.38. The van der Waals surface area contributed by atoms with Crippen molar-refractivity contribution in [2.75, 3.05) is 18.1 Å². The first-order valence-corrected chi connectivity index (χ1v) is 8.62. The second-order valence-corrected chi connectivity index (χ2v) is 7.27. The highest BCUT2D eigenvalue weighted by molar-refractivity contribution is 8.06. The molecule has 0 spiro atoms. The third-order valence-electron chi connectivity index (χ3n) is 2.97. The molecule has 1 saturated heterocycles. The summed E-state index contributed by atoms with van der Waals surface area (Å²) in [4.78, 5) is 4.56. The van der Waals surface area contributed by atoms with E-state index in [-0.39, 0.29) is 6.04 Å². The van der Waals surface area contributed by atoms with Gasteiger partial charge in [-0.25, -0.2) is 0 Å². The molecule has 3 unspecified atom stereocenters. The first-order valence-electron chi connectivity index (χ1n) is 6.52. The normalized spacial score (nSPS) is 26.2. The zero-order chi connectivity index (χ0) is 13.0. The molecule has 0 aromatic carbocycles. The maximum Gasteiger partial charge on any atom is 0.243 e. The van der Waals surface area contributed by atoms with E-state index in [1.807, 2.05) is 23.5 Å². The number of nitrogens with one attached hydrogen (secondary N) is 1. The van der Waals surface area contributed by atoms with Gasteiger partial charge >= 0.3 is 0 Å². The smallest absolute Gasteiger partial charge is 0.243 e. The molecule has 0 saturated carbocycles. The maximum absolute atomic E-state index is 5.38. The fourth-order valence-corrected chi connectivity index (χ4v) is 4.58. The molecule has 2 heterocycles. The number of hydrogen-bond donors (Lipinski definition) is 1. The van der Waals surface area contributed by atoms with E-state index in [2.05, 4.69) is 36.2 Å². The number of aromatic nitrogens is 2. The van der Waals surface area contributed by atoms with E-state index in [9.17, 15) is 0 Å². The summed E-state index contributed by atoms with van der Waals surface area (Å²) in [6.07, 6.45) is 1.11. The van der Waals surface area contributed by atoms with Gasteiger partial charge in [-0.3, -0.25) is 0 Å². The molecule has 6 heteroatoms. The molecular weight excluding hydrogens is 266 g/mol. The first-order chi connectivity index (χ1) is 8.72. The average molecular weight is 287 g/mol. The molecule has 3 atom stereocenters. The lowest BCUT2D eigenvalue weighted by Gasteiger charge is -2.24. The lowest BCUT2D eigenvalue weighted by atomic mass is 10.3. The van der Waals surface area contributed by atoms with Gasteiger partial charge in [-0.1, -0.05) is 19.0 Å². The SMILES string of the molecule is CCCNC(C)c1nc(C2SCCSC2C)no1. The van der Waals surface area contributed by atoms with Crippen LogP contribution in [0.2, 0.25) is 0 Å². The van der Waals surface area contributed by atoms with E-state index < -0.39 is 0 Å². The van der Waals surface area contributed by atoms with Gasteiger partial charge in [-0.15, -0.1) is 11.8 Å². The number of thioether (sulfide) groups is 2. The fraction of sp³-hybridized carbons (Fsp3) is 0.833. The van der Waals surface area contributed by atoms with Crippen molar-refractivity contribution in [2.24, 2.45) is 0 Å². The molecule has 0 amide bonds. The molecule has 1 N–H and O–H groups in total. The lowest BCUT2D eigenvalue weighted by molar-refractivity contribution is 0.336. The average Bonchev–Trinajstić information content (AvgIpc) is 2.86. The minimum absolute atomic E-state index is 0.141. The van der Waals surface area contributed by atoms with Gasteiger partial charge in [0.15, 0.2) is 5.82 Å². The summed E-state index contributed by atoms with van der Waals surface area (Å²) in [7, 11) is 0. The van der Waals surface area contributed by atoms with E-state index >= 15 is 0 Å². The van der Waals surface area contributed by atoms with Gasteiger partial charge in [0.05, 0.1) is 11.3 Å². The predicted molar refractivity (Wildman–Crippen MR) is 78.1 cm³/mol. The molecular formula is C12H21N3OS2. The van der Waals surface area contributed by atoms with Crippen LogP contribution >= 0.6 is 23.5 Å². The van der Waals surface area contributed by atoms with Crippen LogP contribution in [0, 0.1) is 0 Å². The summed E-state index contributed by atoms with van der Waals surface area (Å²) < 4.78 is 5.38. The molecule has 18 heavy (non-hydrogen) atoms. The third kappa shape index (κ3) is 3.42. The highest BCUT2D eigenvalue weighted by Gasteiger charge is 2.29. The van der Waals surface area contributed by atoms with Crippen molar-refractivity contribution < 1.29 is 4.52 Å². The molecule has 0 aliphatic carbocycles. The highest BCUT2D eigenvalue weighted by Crippen LogP contribution is 2.41. The van der Waals surface area contributed by atoms with E-state index in [1.165, 1.54) is 11.5 Å². The van der Waals surface area contributed by atoms with Gasteiger partial charge in [-0.2, -0.15) is 16.7 Å². The van der Waals surface area contributed by atoms with Crippen LogP contribution in [0.25, 0.3) is 0 Å². The summed E-state index contributed by atoms with van der Waals surface area (Å²) in [5, 5.41) is 8.46. The van der Waals surface area contributed by atoms with Crippen molar-refractivity contribution in [1.29, 1.82) is 0 Å². The van der Waals surface area contributed by atoms with Crippen LogP contribution in [-0.2, 0) is 0 Å². The number of hydrogen-bond acceptors (Lipinski definition) is 6. The number of rotatable bonds is 5. The van der Waals surface area contributed by atoms with Crippen LogP contribution in [-0.4, -0.2) is 33.4 Å². The van der Waals surface area contributed by atoms with Gasteiger partial charge in [0.1, 0.15) is 0 Å². The van der Waals surface area contributed by atoms with Crippen LogP contribution in [0.15, 0.2) is 4.52 Å². The van der Waals surface area contributed by atoms with Gasteiger partial charge < -0.3 is 9.84 Å². The summed E-state index contributed by atoms with van der Waals surface area (Å²) in [5.74, 6) is 3.97. The van der Waals surface area contributed by atoms with Gasteiger partial charge in [0, 0.05) is 16.8 Å². The second-order valence-electron chi connectivity index (χ2n) is 4.53. The predicted octanol–water partition coefficient (Wildman–Crippen LogP) is 3.04. The van der Waals surface area contributed by atoms with Gasteiger partial charge in [0.25, 0.3) is 0 Å². The maximum atomic E-state index is 5.38. The van der Waals surface area contributed by atoms with Crippen LogP contribution in [0.1, 0.15) is 50.2 Å². The van der Waals surface area contributed by atoms with Crippen LogP contribution in [0.3, 0.4) is 0 Å². The van der Waals surface area contributed by atoms with E-state index in [1.54, 1.807) is 0 Å². The zero-order valence-corrected chi connectivity index (χ0v) is 12.8. The fourth-order valence-electron chi connectivity index (χ4n) is 1.90. The Balaban J connectivity index is 2.00. The molecule has 1 aromatic heterocycles. The van der Waals surface area contributed by atoms with Crippen LogP contribution in [0.5, 0.6) is 0 Å². The van der Waals surface area contributed by atoms with Gasteiger partial charge in [0.2, 0.25) is 5.89 Å². The van der Waals surface area contributed by atoms with Crippen molar-refractivity contribution in [3.05, 3.63) is 11.7 Å². The van der Waals surface area contributed by atoms with Crippen LogP contribution < -0.4 is 5.32 Å². The van der Waals surface area contributed by atoms with E-state index in [4.69, 9.17) is 4.52 Å². The highest BCUT2D eigenvalue weighted by atomic mass is 32.2.